The van der Waals surface area contributed by atoms with Gasteiger partial charge in [0.15, 0.2) is 0 Å². The first-order chi connectivity index (χ1) is 9.02. The monoisotopic (exact) mass is 304 g/mol. The molecule has 0 amide bonds. The van der Waals surface area contributed by atoms with E-state index in [-0.39, 0.29) is 46.3 Å². The van der Waals surface area contributed by atoms with Crippen molar-refractivity contribution in [2.45, 2.75) is 52.4 Å². The minimum Gasteiger partial charge on any atom is -0.545 e. The number of hydrogen-bond acceptors (Lipinski definition) is 3. The predicted octanol–water partition coefficient (Wildman–Crippen LogP) is -0.916. The minimum absolute atomic E-state index is 0. The number of aryl methyl sites for hydroxylation is 1. The maximum absolute atomic E-state index is 10.8. The number of benzene rings is 1. The van der Waals surface area contributed by atoms with Gasteiger partial charge in [0.1, 0.15) is 5.75 Å². The zero-order chi connectivity index (χ0) is 14.3. The average molecular weight is 304 g/mol. The molecule has 114 valence electrons. The summed E-state index contributed by atoms with van der Waals surface area (Å²) >= 11 is 0. The van der Waals surface area contributed by atoms with Crippen molar-refractivity contribution in [3.8, 4) is 5.75 Å². The van der Waals surface area contributed by atoms with Crippen LogP contribution in [0.4, 0.5) is 0 Å². The number of carbonyl (C=O) groups is 1. The first kappa shape index (κ1) is 22.7. The molecule has 0 spiro atoms. The van der Waals surface area contributed by atoms with E-state index in [1.165, 1.54) is 25.3 Å². The Morgan fingerprint density at radius 3 is 2.38 bits per heavy atom. The van der Waals surface area contributed by atoms with Crippen LogP contribution in [0.1, 0.15) is 61.9 Å². The van der Waals surface area contributed by atoms with Crippen LogP contribution in [0.15, 0.2) is 18.2 Å². The Morgan fingerprint density at radius 2 is 1.81 bits per heavy atom. The summed E-state index contributed by atoms with van der Waals surface area (Å²) in [6, 6.07) is 4.80. The van der Waals surface area contributed by atoms with Crippen molar-refractivity contribution in [3.05, 3.63) is 29.3 Å². The molecule has 0 heterocycles. The van der Waals surface area contributed by atoms with Crippen molar-refractivity contribution in [2.24, 2.45) is 5.92 Å². The van der Waals surface area contributed by atoms with Crippen molar-refractivity contribution >= 4 is 5.97 Å². The van der Waals surface area contributed by atoms with Gasteiger partial charge in [0.25, 0.3) is 0 Å². The van der Waals surface area contributed by atoms with Gasteiger partial charge in [0.05, 0.1) is 5.97 Å². The fourth-order valence-corrected chi connectivity index (χ4v) is 2.18. The van der Waals surface area contributed by atoms with E-state index < -0.39 is 5.97 Å². The SMILES string of the molecule is CC(C)CCCCCCc1cccc(C(=O)[O-])c1O.O.[Na+]. The maximum Gasteiger partial charge on any atom is 1.00 e. The predicted molar refractivity (Wildman–Crippen MR) is 77.7 cm³/mol. The standard InChI is InChI=1S/C16H24O3.Na.H2O/c1-12(2)8-5-3-4-6-9-13-10-7-11-14(15(13)17)16(18)19;;/h7,10-12,17H,3-6,8-9H2,1-2H3,(H,18,19);;1H2/q;+1;/p-1. The van der Waals surface area contributed by atoms with Gasteiger partial charge in [-0.1, -0.05) is 51.7 Å². The number of unbranched alkanes of at least 4 members (excludes halogenated alkanes) is 3. The Labute approximate surface area is 149 Å². The number of aromatic carboxylic acids is 1. The zero-order valence-electron chi connectivity index (χ0n) is 13.3. The fourth-order valence-electron chi connectivity index (χ4n) is 2.18. The molecule has 1 aromatic carbocycles. The van der Waals surface area contributed by atoms with Gasteiger partial charge in [-0.2, -0.15) is 0 Å². The number of phenols is 1. The third-order valence-electron chi connectivity index (χ3n) is 3.32. The van der Waals surface area contributed by atoms with E-state index in [0.29, 0.717) is 12.0 Å². The molecule has 0 unspecified atom stereocenters. The molecule has 4 nitrogen and oxygen atoms in total. The van der Waals surface area contributed by atoms with Gasteiger partial charge in [0.2, 0.25) is 0 Å². The summed E-state index contributed by atoms with van der Waals surface area (Å²) in [6.07, 6.45) is 6.49. The molecule has 0 saturated heterocycles. The minimum atomic E-state index is -1.32. The molecule has 0 bridgehead atoms. The first-order valence-electron chi connectivity index (χ1n) is 7.04. The molecule has 0 fully saturated rings. The quantitative estimate of drug-likeness (QED) is 0.497. The van der Waals surface area contributed by atoms with E-state index in [0.717, 1.165) is 18.8 Å². The third-order valence-corrected chi connectivity index (χ3v) is 3.32. The fraction of sp³-hybridized carbons (Fsp3) is 0.562. The van der Waals surface area contributed by atoms with Crippen molar-refractivity contribution < 1.29 is 50.0 Å². The van der Waals surface area contributed by atoms with Crippen molar-refractivity contribution in [2.75, 3.05) is 0 Å². The summed E-state index contributed by atoms with van der Waals surface area (Å²) in [7, 11) is 0. The van der Waals surface area contributed by atoms with Crippen LogP contribution < -0.4 is 34.7 Å². The Hall–Kier alpha value is -0.550. The Balaban J connectivity index is 0. The molecular weight excluding hydrogens is 279 g/mol. The van der Waals surface area contributed by atoms with Crippen LogP contribution in [-0.4, -0.2) is 16.6 Å². The van der Waals surface area contributed by atoms with Crippen molar-refractivity contribution in [1.82, 2.24) is 0 Å². The van der Waals surface area contributed by atoms with Gasteiger partial charge < -0.3 is 20.5 Å². The van der Waals surface area contributed by atoms with Crippen LogP contribution in [0.2, 0.25) is 0 Å². The summed E-state index contributed by atoms with van der Waals surface area (Å²) in [5.74, 6) is -0.704. The first-order valence-corrected chi connectivity index (χ1v) is 7.04. The van der Waals surface area contributed by atoms with E-state index in [1.54, 1.807) is 12.1 Å². The van der Waals surface area contributed by atoms with Gasteiger partial charge in [0, 0.05) is 5.56 Å². The number of hydrogen-bond donors (Lipinski definition) is 1. The molecule has 3 N–H and O–H groups in total. The molecule has 0 saturated carbocycles. The molecule has 5 heteroatoms. The molecule has 0 radical (unpaired) electrons. The number of carboxylic acid groups (broad SMARTS) is 1. The summed E-state index contributed by atoms with van der Waals surface area (Å²) in [4.78, 5) is 10.8. The molecule has 0 aliphatic heterocycles. The summed E-state index contributed by atoms with van der Waals surface area (Å²) in [6.45, 7) is 4.45. The van der Waals surface area contributed by atoms with Gasteiger partial charge in [-0.05, 0) is 30.4 Å². The molecule has 0 atom stereocenters. The number of aromatic hydroxyl groups is 1. The van der Waals surface area contributed by atoms with E-state index in [2.05, 4.69) is 13.8 Å². The second-order valence-corrected chi connectivity index (χ2v) is 5.45. The summed E-state index contributed by atoms with van der Waals surface area (Å²) < 4.78 is 0. The number of carbonyl (C=O) groups excluding carboxylic acids is 1. The number of para-hydroxylation sites is 1. The molecular formula is C16H25NaO4. The molecule has 0 aliphatic rings. The normalized spacial score (nSPS) is 9.86. The van der Waals surface area contributed by atoms with Crippen LogP contribution in [-0.2, 0) is 6.42 Å². The van der Waals surface area contributed by atoms with E-state index in [4.69, 9.17) is 0 Å². The van der Waals surface area contributed by atoms with E-state index in [1.807, 2.05) is 0 Å². The van der Waals surface area contributed by atoms with E-state index in [9.17, 15) is 15.0 Å². The number of carboxylic acids is 1. The van der Waals surface area contributed by atoms with Gasteiger partial charge in [-0.15, -0.1) is 0 Å². The topological polar surface area (TPSA) is 91.9 Å². The largest absolute Gasteiger partial charge is 1.00 e. The third kappa shape index (κ3) is 8.47. The van der Waals surface area contributed by atoms with Gasteiger partial charge >= 0.3 is 29.6 Å². The molecule has 0 aromatic heterocycles. The van der Waals surface area contributed by atoms with E-state index >= 15 is 0 Å². The van der Waals surface area contributed by atoms with Crippen molar-refractivity contribution in [1.29, 1.82) is 0 Å². The maximum atomic E-state index is 10.8. The van der Waals surface area contributed by atoms with Crippen LogP contribution in [0.3, 0.4) is 0 Å². The second kappa shape index (κ2) is 12.0. The molecule has 21 heavy (non-hydrogen) atoms. The number of rotatable bonds is 8. The summed E-state index contributed by atoms with van der Waals surface area (Å²) in [5.41, 5.74) is 0.586. The van der Waals surface area contributed by atoms with Crippen LogP contribution >= 0.6 is 0 Å². The Bertz CT molecular complexity index is 419. The summed E-state index contributed by atoms with van der Waals surface area (Å²) in [5, 5.41) is 20.6. The zero-order valence-corrected chi connectivity index (χ0v) is 15.3. The average Bonchev–Trinajstić information content (AvgIpc) is 2.34. The Kier molecular flexibility index (Phi) is 13.0. The Morgan fingerprint density at radius 1 is 1.19 bits per heavy atom. The molecule has 0 aliphatic carbocycles. The van der Waals surface area contributed by atoms with Gasteiger partial charge in [-0.25, -0.2) is 0 Å². The second-order valence-electron chi connectivity index (χ2n) is 5.45. The van der Waals surface area contributed by atoms with Crippen LogP contribution in [0.25, 0.3) is 0 Å². The smallest absolute Gasteiger partial charge is 0.545 e. The molecule has 1 aromatic rings. The van der Waals surface area contributed by atoms with Crippen LogP contribution in [0, 0.1) is 5.92 Å². The van der Waals surface area contributed by atoms with Gasteiger partial charge in [-0.3, -0.25) is 0 Å². The molecule has 1 rings (SSSR count). The van der Waals surface area contributed by atoms with Crippen LogP contribution in [0.5, 0.6) is 5.75 Å². The van der Waals surface area contributed by atoms with Crippen molar-refractivity contribution in [3.63, 3.8) is 0 Å².